The number of hydrogen-bond donors (Lipinski definition) is 0. The van der Waals surface area contributed by atoms with Gasteiger partial charge in [-0.05, 0) is 0 Å². The van der Waals surface area contributed by atoms with Crippen LogP contribution >= 0.6 is 0 Å². The summed E-state index contributed by atoms with van der Waals surface area (Å²) in [4.78, 5) is 10.4. The summed E-state index contributed by atoms with van der Waals surface area (Å²) in [6.07, 6.45) is 0. The summed E-state index contributed by atoms with van der Waals surface area (Å²) < 4.78 is 34.5. The van der Waals surface area contributed by atoms with Crippen LogP contribution in [-0.2, 0) is 10.0 Å². The number of benzene rings is 4. The molecule has 0 aliphatic rings. The molecule has 0 aromatic heterocycles. The Balaban J connectivity index is 2.07. The number of nitro benzene ring substituents is 1. The maximum absolute atomic E-state index is 13.6. The van der Waals surface area contributed by atoms with E-state index in [0.29, 0.717) is 0 Å². The molecule has 4 aromatic rings. The van der Waals surface area contributed by atoms with Crippen LogP contribution in [0.4, 0.5) is 5.69 Å². The van der Waals surface area contributed by atoms with Crippen molar-refractivity contribution in [2.24, 2.45) is 2.50 Å². The summed E-state index contributed by atoms with van der Waals surface area (Å²) in [7, 11) is -4.11. The first kappa shape index (κ1) is 22.1. The minimum atomic E-state index is -4.27. The Morgan fingerprint density at radius 2 is 1.00 bits per heavy atom. The Morgan fingerprint density at radius 3 is 1.34 bits per heavy atom. The number of rotatable bonds is 6. The van der Waals surface area contributed by atoms with Gasteiger partial charge in [0.2, 0.25) is 0 Å². The predicted octanol–water partition coefficient (Wildman–Crippen LogP) is 3.22. The Kier molecular flexibility index (Phi) is 6.30. The third kappa shape index (κ3) is 4.27. The van der Waals surface area contributed by atoms with Gasteiger partial charge in [-0.3, -0.25) is 0 Å². The van der Waals surface area contributed by atoms with E-state index in [1.165, 1.54) is 24.3 Å². The molecule has 4 rings (SSSR count). The monoisotopic (exact) mass is 552 g/mol. The van der Waals surface area contributed by atoms with Crippen molar-refractivity contribution < 1.29 is 13.3 Å². The molecule has 0 saturated carbocycles. The van der Waals surface area contributed by atoms with Gasteiger partial charge in [-0.25, -0.2) is 0 Å². The zero-order valence-electron chi connectivity index (χ0n) is 16.9. The van der Waals surface area contributed by atoms with E-state index in [1.54, 1.807) is 0 Å². The fourth-order valence-electron chi connectivity index (χ4n) is 3.47. The van der Waals surface area contributed by atoms with Crippen LogP contribution in [-0.4, -0.2) is 32.0 Å². The first-order valence-electron chi connectivity index (χ1n) is 9.73. The quantitative estimate of drug-likeness (QED) is 0.209. The van der Waals surface area contributed by atoms with Gasteiger partial charge in [-0.15, -0.1) is 0 Å². The van der Waals surface area contributed by atoms with Gasteiger partial charge in [0, 0.05) is 0 Å². The van der Waals surface area contributed by atoms with E-state index in [9.17, 15) is 18.5 Å². The molecule has 8 heteroatoms. The van der Waals surface area contributed by atoms with E-state index >= 15 is 0 Å². The average Bonchev–Trinajstić information content (AvgIpc) is 2.84. The van der Waals surface area contributed by atoms with Crippen molar-refractivity contribution in [3.05, 3.63) is 125 Å². The third-order valence-electron chi connectivity index (χ3n) is 4.96. The molecule has 0 bridgehead atoms. The normalized spacial score (nSPS) is 11.6. The molecule has 0 heterocycles. The molecule has 32 heavy (non-hydrogen) atoms. The first-order valence-corrected chi connectivity index (χ1v) is 16.1. The van der Waals surface area contributed by atoms with E-state index in [0.717, 1.165) is 10.5 Å². The molecule has 0 atom stereocenters. The molecule has 0 spiro atoms. The summed E-state index contributed by atoms with van der Waals surface area (Å²) in [6.45, 7) is 0. The average molecular weight is 553 g/mol. The van der Waals surface area contributed by atoms with Crippen molar-refractivity contribution in [1.82, 2.24) is 0 Å². The zero-order chi connectivity index (χ0) is 22.6. The number of non-ortho nitro benzene ring substituents is 1. The Bertz CT molecular complexity index is 1290. The standard InChI is InChI=1S/C6H4N2O4S.3C6H5.Sb/c7-13(11,12)6-3-1-5(2-4-6)8(9)10;3*1-2-4-6-5-3-1;/h1-4H;3*1-5H;. The molecule has 0 amide bonds. The van der Waals surface area contributed by atoms with E-state index in [-0.39, 0.29) is 10.6 Å². The molecule has 0 N–H and O–H groups in total. The first-order chi connectivity index (χ1) is 15.4. The summed E-state index contributed by atoms with van der Waals surface area (Å²) >= 11 is -4.27. The van der Waals surface area contributed by atoms with Crippen molar-refractivity contribution in [3.8, 4) is 0 Å². The molecule has 0 aliphatic heterocycles. The van der Waals surface area contributed by atoms with Crippen LogP contribution in [0.3, 0.4) is 0 Å². The van der Waals surface area contributed by atoms with Crippen molar-refractivity contribution in [3.63, 3.8) is 0 Å². The van der Waals surface area contributed by atoms with Crippen LogP contribution in [0.5, 0.6) is 0 Å². The second kappa shape index (κ2) is 9.15. The topological polar surface area (TPSA) is 89.6 Å². The molecule has 4 aromatic carbocycles. The van der Waals surface area contributed by atoms with Crippen molar-refractivity contribution in [1.29, 1.82) is 0 Å². The van der Waals surface area contributed by atoms with E-state index in [2.05, 4.69) is 0 Å². The molecular formula is C24H19N2O4SSb. The van der Waals surface area contributed by atoms with Crippen LogP contribution in [0.1, 0.15) is 0 Å². The van der Waals surface area contributed by atoms with Gasteiger partial charge in [-0.2, -0.15) is 0 Å². The van der Waals surface area contributed by atoms with Gasteiger partial charge < -0.3 is 0 Å². The molecule has 0 unspecified atom stereocenters. The van der Waals surface area contributed by atoms with Crippen LogP contribution in [0.15, 0.2) is 123 Å². The maximum atomic E-state index is 13.6. The molecule has 0 aliphatic carbocycles. The van der Waals surface area contributed by atoms with E-state index in [1.807, 2.05) is 91.0 Å². The predicted molar refractivity (Wildman–Crippen MR) is 127 cm³/mol. The number of hydrogen-bond acceptors (Lipinski definition) is 4. The van der Waals surface area contributed by atoms with Crippen molar-refractivity contribution >= 4 is 44.9 Å². The van der Waals surface area contributed by atoms with Gasteiger partial charge in [0.1, 0.15) is 0 Å². The van der Waals surface area contributed by atoms with Gasteiger partial charge in [-0.1, -0.05) is 0 Å². The summed E-state index contributed by atoms with van der Waals surface area (Å²) in [5.41, 5.74) is -0.174. The fourth-order valence-corrected chi connectivity index (χ4v) is 18.4. The van der Waals surface area contributed by atoms with Gasteiger partial charge in [0.15, 0.2) is 0 Å². The van der Waals surface area contributed by atoms with Crippen LogP contribution < -0.4 is 10.5 Å². The molecule has 160 valence electrons. The van der Waals surface area contributed by atoms with Crippen molar-refractivity contribution in [2.75, 3.05) is 0 Å². The summed E-state index contributed by atoms with van der Waals surface area (Å²) in [5, 5.41) is 11.0. The van der Waals surface area contributed by atoms with E-state index in [4.69, 9.17) is 2.50 Å². The third-order valence-corrected chi connectivity index (χ3v) is 19.2. The molecule has 0 saturated heterocycles. The van der Waals surface area contributed by atoms with Gasteiger partial charge >= 0.3 is 191 Å². The van der Waals surface area contributed by atoms with Gasteiger partial charge in [0.25, 0.3) is 0 Å². The number of nitrogens with zero attached hydrogens (tertiary/aromatic N) is 2. The van der Waals surface area contributed by atoms with Crippen LogP contribution in [0.25, 0.3) is 0 Å². The minimum absolute atomic E-state index is 0.0655. The molecular weight excluding hydrogens is 534 g/mol. The Morgan fingerprint density at radius 1 is 0.625 bits per heavy atom. The Hall–Kier alpha value is -3.15. The number of sulfonamides is 1. The Labute approximate surface area is 190 Å². The molecule has 6 nitrogen and oxygen atoms in total. The SMILES string of the molecule is O=[N+]([O-])c1ccc(S(=O)(=O)[N]=[Sb]([c]2ccccc2)([c]2ccccc2)[c]2ccccc2)cc1. The zero-order valence-corrected chi connectivity index (χ0v) is 20.2. The van der Waals surface area contributed by atoms with Gasteiger partial charge in [0.05, 0.1) is 0 Å². The van der Waals surface area contributed by atoms with Crippen LogP contribution in [0, 0.1) is 10.1 Å². The summed E-state index contributed by atoms with van der Waals surface area (Å²) in [5.74, 6) is 0. The molecule has 0 fully saturated rings. The second-order valence-electron chi connectivity index (χ2n) is 6.95. The summed E-state index contributed by atoms with van der Waals surface area (Å²) in [6, 6.07) is 33.4. The van der Waals surface area contributed by atoms with Crippen LogP contribution in [0.2, 0.25) is 0 Å². The number of nitro groups is 1. The van der Waals surface area contributed by atoms with Crippen molar-refractivity contribution in [2.45, 2.75) is 4.90 Å². The second-order valence-corrected chi connectivity index (χ2v) is 18.0. The fraction of sp³-hybridized carbons (Fsp3) is 0. The van der Waals surface area contributed by atoms with E-state index < -0.39 is 33.6 Å². The molecule has 0 radical (unpaired) electrons.